The minimum atomic E-state index is -4.71. The molecular weight excluding hydrogens is 475 g/mol. The molecule has 0 saturated heterocycles. The maximum atomic E-state index is 10.8. The van der Waals surface area contributed by atoms with Gasteiger partial charge in [0.25, 0.3) is 0 Å². The van der Waals surface area contributed by atoms with E-state index < -0.39 is 16.5 Å². The molecule has 1 unspecified atom stereocenters. The van der Waals surface area contributed by atoms with Crippen molar-refractivity contribution in [3.63, 3.8) is 0 Å². The van der Waals surface area contributed by atoms with E-state index in [1.807, 2.05) is 0 Å². The molecule has 0 N–H and O–H groups in total. The molecule has 0 spiro atoms. The van der Waals surface area contributed by atoms with Crippen molar-refractivity contribution in [1.29, 1.82) is 0 Å². The molecule has 0 aromatic heterocycles. The van der Waals surface area contributed by atoms with Gasteiger partial charge in [-0.1, -0.05) is 129 Å². The van der Waals surface area contributed by atoms with E-state index in [1.54, 1.807) is 0 Å². The molecule has 0 amide bonds. The molecule has 0 bridgehead atoms. The smallest absolute Gasteiger partial charge is 0.726 e. The molecule has 0 aromatic carbocycles. The molecule has 1 atom stereocenters. The van der Waals surface area contributed by atoms with Crippen LogP contribution in [0.3, 0.4) is 0 Å². The van der Waals surface area contributed by atoms with Gasteiger partial charge in [-0.3, -0.25) is 4.18 Å². The summed E-state index contributed by atoms with van der Waals surface area (Å²) in [7, 11) is -4.71. The molecule has 0 fully saturated rings. The van der Waals surface area contributed by atoms with Crippen molar-refractivity contribution in [3.8, 4) is 0 Å². The van der Waals surface area contributed by atoms with Gasteiger partial charge in [0, 0.05) is 13.2 Å². The Balaban J connectivity index is 0. The predicted octanol–water partition coefficient (Wildman–Crippen LogP) is 4.71. The quantitative estimate of drug-likeness (QED) is 0.0630. The summed E-state index contributed by atoms with van der Waals surface area (Å²) in [5.41, 5.74) is 0. The summed E-state index contributed by atoms with van der Waals surface area (Å²) in [4.78, 5) is 0. The Hall–Kier alpha value is 0.790. The number of ether oxygens (including phenoxy) is 2. The zero-order valence-corrected chi connectivity index (χ0v) is 26.2. The Bertz CT molecular complexity index is 504. The summed E-state index contributed by atoms with van der Waals surface area (Å²) in [5.74, 6) is 0. The second-order valence-corrected chi connectivity index (χ2v) is 10.7. The third-order valence-electron chi connectivity index (χ3n) is 6.20. The van der Waals surface area contributed by atoms with Crippen molar-refractivity contribution in [2.24, 2.45) is 0 Å². The van der Waals surface area contributed by atoms with Crippen molar-refractivity contribution in [1.82, 2.24) is 0 Å². The van der Waals surface area contributed by atoms with Crippen molar-refractivity contribution >= 4 is 10.4 Å². The largest absolute Gasteiger partial charge is 1.00 e. The van der Waals surface area contributed by atoms with Crippen LogP contribution in [0.15, 0.2) is 0 Å². The van der Waals surface area contributed by atoms with Crippen molar-refractivity contribution in [2.45, 2.75) is 148 Å². The third-order valence-corrected chi connectivity index (χ3v) is 6.62. The van der Waals surface area contributed by atoms with Gasteiger partial charge in [0.05, 0.1) is 13.2 Å². The Kier molecular flexibility index (Phi) is 31.8. The van der Waals surface area contributed by atoms with E-state index in [1.165, 1.54) is 103 Å². The summed E-state index contributed by atoms with van der Waals surface area (Å²) in [6.45, 7) is 5.62. The predicted molar refractivity (Wildman–Crippen MR) is 140 cm³/mol. The van der Waals surface area contributed by atoms with Crippen LogP contribution in [0.4, 0.5) is 0 Å². The standard InChI is InChI=1S/C27H56O6S.Na/c1-3-5-7-9-11-13-15-17-19-21-23-31-25-27(26-33-34(28,29)30)32-24-22-20-18-16-14-12-10-8-6-4-2;/h27H,3-26H2,1-2H3,(H,28,29,30);/q;+1/p-1. The Morgan fingerprint density at radius 3 is 1.34 bits per heavy atom. The van der Waals surface area contributed by atoms with Crippen molar-refractivity contribution in [3.05, 3.63) is 0 Å². The third kappa shape index (κ3) is 32.8. The maximum absolute atomic E-state index is 10.8. The molecule has 0 aromatic rings. The summed E-state index contributed by atoms with van der Waals surface area (Å²) in [5, 5.41) is 0. The molecule has 0 rings (SSSR count). The van der Waals surface area contributed by atoms with Crippen LogP contribution in [-0.2, 0) is 24.1 Å². The SMILES string of the molecule is CCCCCCCCCCCCOCC(COS(=O)(=O)[O-])OCCCCCCCCCCCC.[Na+]. The Morgan fingerprint density at radius 1 is 0.571 bits per heavy atom. The molecule has 35 heavy (non-hydrogen) atoms. The first kappa shape index (κ1) is 37.9. The average Bonchev–Trinajstić information content (AvgIpc) is 2.80. The van der Waals surface area contributed by atoms with E-state index in [-0.39, 0.29) is 42.8 Å². The van der Waals surface area contributed by atoms with E-state index >= 15 is 0 Å². The minimum absolute atomic E-state index is 0. The first-order valence-corrected chi connectivity index (χ1v) is 15.6. The maximum Gasteiger partial charge on any atom is 1.00 e. The van der Waals surface area contributed by atoms with Crippen LogP contribution in [0.25, 0.3) is 0 Å². The fraction of sp³-hybridized carbons (Fsp3) is 1.00. The Morgan fingerprint density at radius 2 is 0.943 bits per heavy atom. The van der Waals surface area contributed by atoms with E-state index in [4.69, 9.17) is 9.47 Å². The number of rotatable bonds is 28. The molecule has 206 valence electrons. The molecule has 0 aliphatic rings. The number of unbranched alkanes of at least 4 members (excludes halogenated alkanes) is 18. The van der Waals surface area contributed by atoms with Gasteiger partial charge in [0.2, 0.25) is 10.4 Å². The van der Waals surface area contributed by atoms with Gasteiger partial charge in [0.15, 0.2) is 0 Å². The van der Waals surface area contributed by atoms with Gasteiger partial charge in [-0.2, -0.15) is 0 Å². The van der Waals surface area contributed by atoms with E-state index in [2.05, 4.69) is 18.0 Å². The van der Waals surface area contributed by atoms with Crippen LogP contribution in [0.1, 0.15) is 142 Å². The van der Waals surface area contributed by atoms with Crippen LogP contribution in [0, 0.1) is 0 Å². The molecule has 6 nitrogen and oxygen atoms in total. The van der Waals surface area contributed by atoms with Crippen LogP contribution in [0.2, 0.25) is 0 Å². The molecule has 0 radical (unpaired) electrons. The first-order chi connectivity index (χ1) is 16.5. The van der Waals surface area contributed by atoms with Gasteiger partial charge in [-0.15, -0.1) is 0 Å². The minimum Gasteiger partial charge on any atom is -0.726 e. The fourth-order valence-corrected chi connectivity index (χ4v) is 4.37. The average molecular weight is 531 g/mol. The van der Waals surface area contributed by atoms with Gasteiger partial charge < -0.3 is 14.0 Å². The topological polar surface area (TPSA) is 84.9 Å². The van der Waals surface area contributed by atoms with Gasteiger partial charge in [-0.05, 0) is 12.8 Å². The second kappa shape index (κ2) is 29.3. The normalized spacial score (nSPS) is 12.5. The second-order valence-electron chi connectivity index (χ2n) is 9.62. The van der Waals surface area contributed by atoms with E-state index in [9.17, 15) is 13.0 Å². The number of hydrogen-bond donors (Lipinski definition) is 0. The van der Waals surface area contributed by atoms with Gasteiger partial charge in [-0.25, -0.2) is 8.42 Å². The fourth-order valence-electron chi connectivity index (χ4n) is 4.05. The first-order valence-electron chi connectivity index (χ1n) is 14.3. The van der Waals surface area contributed by atoms with E-state index in [0.29, 0.717) is 13.2 Å². The van der Waals surface area contributed by atoms with Crippen molar-refractivity contribution < 1.29 is 56.2 Å². The summed E-state index contributed by atoms with van der Waals surface area (Å²) in [6, 6.07) is 0. The summed E-state index contributed by atoms with van der Waals surface area (Å²) < 4.78 is 48.2. The monoisotopic (exact) mass is 530 g/mol. The van der Waals surface area contributed by atoms with Gasteiger partial charge in [0.1, 0.15) is 6.10 Å². The zero-order chi connectivity index (χ0) is 25.2. The molecule has 8 heteroatoms. The zero-order valence-electron chi connectivity index (χ0n) is 23.4. The van der Waals surface area contributed by atoms with Crippen LogP contribution in [-0.4, -0.2) is 45.5 Å². The molecular formula is C27H55NaO6S. The van der Waals surface area contributed by atoms with Crippen molar-refractivity contribution in [2.75, 3.05) is 26.4 Å². The molecule has 0 saturated carbocycles. The molecule has 0 aliphatic heterocycles. The Labute approximate surface area is 240 Å². The van der Waals surface area contributed by atoms with Crippen LogP contribution in [0.5, 0.6) is 0 Å². The van der Waals surface area contributed by atoms with E-state index in [0.717, 1.165) is 25.7 Å². The summed E-state index contributed by atoms with van der Waals surface area (Å²) >= 11 is 0. The van der Waals surface area contributed by atoms with Crippen LogP contribution >= 0.6 is 0 Å². The molecule has 0 heterocycles. The molecule has 0 aliphatic carbocycles. The van der Waals surface area contributed by atoms with Crippen LogP contribution < -0.4 is 29.6 Å². The summed E-state index contributed by atoms with van der Waals surface area (Å²) in [6.07, 6.45) is 24.6. The van der Waals surface area contributed by atoms with Gasteiger partial charge >= 0.3 is 29.6 Å². The number of hydrogen-bond acceptors (Lipinski definition) is 6.